The maximum absolute atomic E-state index is 11.7. The third-order valence-corrected chi connectivity index (χ3v) is 4.01. The molecule has 0 aromatic carbocycles. The van der Waals surface area contributed by atoms with Crippen molar-refractivity contribution < 1.29 is 4.79 Å². The molecule has 2 aliphatic rings. The largest absolute Gasteiger partial charge is 0.354 e. The third kappa shape index (κ3) is 2.99. The van der Waals surface area contributed by atoms with E-state index in [0.717, 1.165) is 39.1 Å². The number of carbonyl (C=O) groups is 1. The summed E-state index contributed by atoms with van der Waals surface area (Å²) in [5.74, 6) is 1.19. The van der Waals surface area contributed by atoms with Gasteiger partial charge < -0.3 is 10.6 Å². The van der Waals surface area contributed by atoms with E-state index in [1.54, 1.807) is 0 Å². The number of amides is 1. The molecule has 3 unspecified atom stereocenters. The second-order valence-electron chi connectivity index (χ2n) is 5.47. The summed E-state index contributed by atoms with van der Waals surface area (Å²) >= 11 is 0. The van der Waals surface area contributed by atoms with E-state index in [0.29, 0.717) is 12.0 Å². The maximum Gasteiger partial charge on any atom is 0.224 e. The highest BCUT2D eigenvalue weighted by Crippen LogP contribution is 2.27. The minimum absolute atomic E-state index is 0.259. The van der Waals surface area contributed by atoms with E-state index < -0.39 is 0 Å². The van der Waals surface area contributed by atoms with Crippen molar-refractivity contribution in [1.29, 1.82) is 0 Å². The number of hydrogen-bond acceptors (Lipinski definition) is 3. The van der Waals surface area contributed by atoms with Crippen LogP contribution in [0.3, 0.4) is 0 Å². The van der Waals surface area contributed by atoms with Gasteiger partial charge in [0.1, 0.15) is 0 Å². The van der Waals surface area contributed by atoms with Gasteiger partial charge in [-0.15, -0.1) is 0 Å². The molecule has 98 valence electrons. The summed E-state index contributed by atoms with van der Waals surface area (Å²) in [6, 6.07) is 0.459. The molecule has 1 amide bonds. The number of likely N-dealkylation sites (tertiary alicyclic amines) is 1. The van der Waals surface area contributed by atoms with Gasteiger partial charge in [-0.25, -0.2) is 0 Å². The molecule has 3 atom stereocenters. The predicted octanol–water partition coefficient (Wildman–Crippen LogP) is 0.442. The van der Waals surface area contributed by atoms with Gasteiger partial charge in [-0.05, 0) is 38.4 Å². The molecule has 2 N–H and O–H groups in total. The molecule has 2 saturated heterocycles. The number of fused-ring (bicyclic) bond motifs is 1. The monoisotopic (exact) mass is 239 g/mol. The van der Waals surface area contributed by atoms with Crippen LogP contribution in [-0.2, 0) is 4.79 Å². The fourth-order valence-electron chi connectivity index (χ4n) is 3.12. The lowest BCUT2D eigenvalue weighted by Gasteiger charge is -2.37. The van der Waals surface area contributed by atoms with Crippen molar-refractivity contribution in [2.45, 2.75) is 32.7 Å². The van der Waals surface area contributed by atoms with Crippen molar-refractivity contribution in [3.8, 4) is 0 Å². The van der Waals surface area contributed by atoms with Gasteiger partial charge in [0.2, 0.25) is 5.91 Å². The van der Waals surface area contributed by atoms with Gasteiger partial charge in [0.15, 0.2) is 0 Å². The molecule has 0 radical (unpaired) electrons. The van der Waals surface area contributed by atoms with E-state index in [2.05, 4.69) is 29.4 Å². The van der Waals surface area contributed by atoms with Crippen LogP contribution in [0, 0.1) is 11.8 Å². The quantitative estimate of drug-likeness (QED) is 0.732. The van der Waals surface area contributed by atoms with Gasteiger partial charge in [-0.2, -0.15) is 0 Å². The lowest BCUT2D eigenvalue weighted by molar-refractivity contribution is -0.124. The summed E-state index contributed by atoms with van der Waals surface area (Å²) in [6.45, 7) is 9.68. The number of nitrogens with zero attached hydrogens (tertiary/aromatic N) is 1. The van der Waals surface area contributed by atoms with Crippen molar-refractivity contribution >= 4 is 5.91 Å². The summed E-state index contributed by atoms with van der Waals surface area (Å²) in [5.41, 5.74) is 0. The Bertz CT molecular complexity index is 269. The van der Waals surface area contributed by atoms with Gasteiger partial charge >= 0.3 is 0 Å². The molecule has 2 rings (SSSR count). The summed E-state index contributed by atoms with van der Waals surface area (Å²) in [5, 5.41) is 6.41. The minimum atomic E-state index is 0.259. The molecule has 2 fully saturated rings. The van der Waals surface area contributed by atoms with Crippen LogP contribution in [0.5, 0.6) is 0 Å². The Labute approximate surface area is 104 Å². The summed E-state index contributed by atoms with van der Waals surface area (Å²) in [4.78, 5) is 14.2. The topological polar surface area (TPSA) is 44.4 Å². The highest BCUT2D eigenvalue weighted by atomic mass is 16.2. The Morgan fingerprint density at radius 1 is 1.59 bits per heavy atom. The first-order valence-electron chi connectivity index (χ1n) is 6.94. The van der Waals surface area contributed by atoms with E-state index in [-0.39, 0.29) is 11.8 Å². The zero-order valence-corrected chi connectivity index (χ0v) is 11.0. The average Bonchev–Trinajstić information content (AvgIpc) is 2.70. The normalized spacial score (nSPS) is 31.1. The molecule has 0 aromatic rings. The Kier molecular flexibility index (Phi) is 4.40. The second-order valence-corrected chi connectivity index (χ2v) is 5.47. The van der Waals surface area contributed by atoms with Crippen LogP contribution in [0.4, 0.5) is 0 Å². The van der Waals surface area contributed by atoms with Gasteiger partial charge in [0.25, 0.3) is 0 Å². The molecule has 0 bridgehead atoms. The summed E-state index contributed by atoms with van der Waals surface area (Å²) in [6.07, 6.45) is 2.25. The smallest absolute Gasteiger partial charge is 0.224 e. The Hall–Kier alpha value is -0.610. The Morgan fingerprint density at radius 2 is 2.41 bits per heavy atom. The van der Waals surface area contributed by atoms with Crippen molar-refractivity contribution in [3.05, 3.63) is 0 Å². The highest BCUT2D eigenvalue weighted by Gasteiger charge is 2.40. The predicted molar refractivity (Wildman–Crippen MR) is 68.8 cm³/mol. The van der Waals surface area contributed by atoms with Crippen molar-refractivity contribution in [1.82, 2.24) is 15.5 Å². The molecule has 2 heterocycles. The molecule has 4 nitrogen and oxygen atoms in total. The Morgan fingerprint density at radius 3 is 3.18 bits per heavy atom. The molecule has 2 aliphatic heterocycles. The number of piperidine rings is 1. The maximum atomic E-state index is 11.7. The third-order valence-electron chi connectivity index (χ3n) is 4.01. The lowest BCUT2D eigenvalue weighted by Crippen LogP contribution is -2.48. The van der Waals surface area contributed by atoms with Crippen molar-refractivity contribution in [3.63, 3.8) is 0 Å². The SMILES string of the molecule is CCNCC(C)CN1CCCC2C(=O)NCC21. The van der Waals surface area contributed by atoms with E-state index in [1.807, 2.05) is 0 Å². The summed E-state index contributed by atoms with van der Waals surface area (Å²) in [7, 11) is 0. The number of carbonyl (C=O) groups excluding carboxylic acids is 1. The van der Waals surface area contributed by atoms with Gasteiger partial charge in [-0.3, -0.25) is 9.69 Å². The minimum Gasteiger partial charge on any atom is -0.354 e. The molecule has 17 heavy (non-hydrogen) atoms. The lowest BCUT2D eigenvalue weighted by atomic mass is 9.91. The molecule has 0 aliphatic carbocycles. The molecule has 0 spiro atoms. The zero-order valence-electron chi connectivity index (χ0n) is 11.0. The molecule has 4 heteroatoms. The van der Waals surface area contributed by atoms with Crippen LogP contribution >= 0.6 is 0 Å². The van der Waals surface area contributed by atoms with Gasteiger partial charge in [0, 0.05) is 19.1 Å². The average molecular weight is 239 g/mol. The van der Waals surface area contributed by atoms with Crippen LogP contribution in [0.15, 0.2) is 0 Å². The number of hydrogen-bond donors (Lipinski definition) is 2. The number of rotatable bonds is 5. The number of nitrogens with one attached hydrogen (secondary N) is 2. The first-order chi connectivity index (χ1) is 8.22. The van der Waals surface area contributed by atoms with E-state index in [1.165, 1.54) is 6.42 Å². The van der Waals surface area contributed by atoms with Crippen molar-refractivity contribution in [2.24, 2.45) is 11.8 Å². The van der Waals surface area contributed by atoms with Crippen molar-refractivity contribution in [2.75, 3.05) is 32.7 Å². The van der Waals surface area contributed by atoms with Gasteiger partial charge in [0.05, 0.1) is 5.92 Å². The van der Waals surface area contributed by atoms with Gasteiger partial charge in [-0.1, -0.05) is 13.8 Å². The van der Waals surface area contributed by atoms with Crippen LogP contribution in [0.25, 0.3) is 0 Å². The van der Waals surface area contributed by atoms with Crippen LogP contribution in [0.2, 0.25) is 0 Å². The fourth-order valence-corrected chi connectivity index (χ4v) is 3.12. The summed E-state index contributed by atoms with van der Waals surface area (Å²) < 4.78 is 0. The second kappa shape index (κ2) is 5.83. The van der Waals surface area contributed by atoms with E-state index >= 15 is 0 Å². The molecular weight excluding hydrogens is 214 g/mol. The zero-order chi connectivity index (χ0) is 12.3. The fraction of sp³-hybridized carbons (Fsp3) is 0.923. The Balaban J connectivity index is 1.85. The van der Waals surface area contributed by atoms with Crippen LogP contribution < -0.4 is 10.6 Å². The van der Waals surface area contributed by atoms with E-state index in [4.69, 9.17) is 0 Å². The van der Waals surface area contributed by atoms with Crippen LogP contribution in [-0.4, -0.2) is 49.6 Å². The highest BCUT2D eigenvalue weighted by molar-refractivity contribution is 5.82. The first kappa shape index (κ1) is 12.8. The standard InChI is InChI=1S/C13H25N3O/c1-3-14-7-10(2)9-16-6-4-5-11-12(16)8-15-13(11)17/h10-12,14H,3-9H2,1-2H3,(H,15,17). The molecule has 0 aromatic heterocycles. The van der Waals surface area contributed by atoms with E-state index in [9.17, 15) is 4.79 Å². The first-order valence-corrected chi connectivity index (χ1v) is 6.94. The van der Waals surface area contributed by atoms with Crippen LogP contribution in [0.1, 0.15) is 26.7 Å². The molecule has 0 saturated carbocycles. The molecular formula is C13H25N3O.